The van der Waals surface area contributed by atoms with Gasteiger partial charge in [-0.05, 0) is 31.2 Å². The number of aromatic nitrogens is 4. The predicted molar refractivity (Wildman–Crippen MR) is 87.8 cm³/mol. The Balaban J connectivity index is 1.86. The standard InChI is InChI=1S/C15H14N6O3/c1-7-10(6-17-9-4-2-8(3-5-9)14(23)24)19-11-12(18-7)20-15(16)21-13(11)22/h2-5,17H,6H2,1H3,(H,23,24)(H3,16,18,20,21,22). The lowest BCUT2D eigenvalue weighted by Gasteiger charge is -2.09. The number of hydrogen-bond donors (Lipinski definition) is 4. The second kappa shape index (κ2) is 5.95. The van der Waals surface area contributed by atoms with Crippen molar-refractivity contribution >= 4 is 28.8 Å². The molecule has 0 aliphatic carbocycles. The number of carbonyl (C=O) groups is 1. The van der Waals surface area contributed by atoms with E-state index in [0.29, 0.717) is 17.9 Å². The molecule has 0 unspecified atom stereocenters. The minimum atomic E-state index is -0.983. The number of anilines is 2. The minimum Gasteiger partial charge on any atom is -0.478 e. The summed E-state index contributed by atoms with van der Waals surface area (Å²) in [6.45, 7) is 2.08. The molecule has 0 saturated carbocycles. The second-order valence-corrected chi connectivity index (χ2v) is 5.12. The number of carboxylic acid groups (broad SMARTS) is 1. The average Bonchev–Trinajstić information content (AvgIpc) is 2.53. The van der Waals surface area contributed by atoms with Gasteiger partial charge in [-0.25, -0.2) is 14.8 Å². The Morgan fingerprint density at radius 2 is 1.96 bits per heavy atom. The average molecular weight is 326 g/mol. The van der Waals surface area contributed by atoms with Crippen molar-refractivity contribution < 1.29 is 9.90 Å². The topological polar surface area (TPSA) is 147 Å². The molecule has 2 heterocycles. The van der Waals surface area contributed by atoms with Crippen LogP contribution in [0.15, 0.2) is 29.1 Å². The van der Waals surface area contributed by atoms with E-state index >= 15 is 0 Å². The summed E-state index contributed by atoms with van der Waals surface area (Å²) in [6.07, 6.45) is 0. The van der Waals surface area contributed by atoms with Crippen LogP contribution in [-0.4, -0.2) is 31.0 Å². The van der Waals surface area contributed by atoms with Gasteiger partial charge in [-0.2, -0.15) is 4.98 Å². The van der Waals surface area contributed by atoms with E-state index in [1.165, 1.54) is 12.1 Å². The van der Waals surface area contributed by atoms with Crippen molar-refractivity contribution in [2.45, 2.75) is 13.5 Å². The Morgan fingerprint density at radius 3 is 2.62 bits per heavy atom. The molecule has 5 N–H and O–H groups in total. The zero-order valence-electron chi connectivity index (χ0n) is 12.7. The summed E-state index contributed by atoms with van der Waals surface area (Å²) in [5.74, 6) is -0.991. The van der Waals surface area contributed by atoms with Crippen LogP contribution in [0.4, 0.5) is 11.6 Å². The first-order valence-electron chi connectivity index (χ1n) is 7.04. The van der Waals surface area contributed by atoms with Gasteiger partial charge >= 0.3 is 5.97 Å². The fourth-order valence-corrected chi connectivity index (χ4v) is 2.17. The van der Waals surface area contributed by atoms with Crippen molar-refractivity contribution in [3.8, 4) is 0 Å². The van der Waals surface area contributed by atoms with Gasteiger partial charge in [0.2, 0.25) is 5.95 Å². The summed E-state index contributed by atoms with van der Waals surface area (Å²) >= 11 is 0. The lowest BCUT2D eigenvalue weighted by Crippen LogP contribution is -2.16. The van der Waals surface area contributed by atoms with Gasteiger partial charge in [0.25, 0.3) is 5.56 Å². The molecule has 0 spiro atoms. The number of nitrogens with two attached hydrogens (primary N) is 1. The van der Waals surface area contributed by atoms with Crippen LogP contribution in [0.2, 0.25) is 0 Å². The van der Waals surface area contributed by atoms with E-state index in [-0.39, 0.29) is 22.7 Å². The Hall–Kier alpha value is -3.49. The number of nitrogen functional groups attached to an aromatic ring is 1. The highest BCUT2D eigenvalue weighted by atomic mass is 16.4. The van der Waals surface area contributed by atoms with E-state index in [1.54, 1.807) is 19.1 Å². The Morgan fingerprint density at radius 1 is 1.25 bits per heavy atom. The summed E-state index contributed by atoms with van der Waals surface area (Å²) < 4.78 is 0. The highest BCUT2D eigenvalue weighted by Gasteiger charge is 2.10. The van der Waals surface area contributed by atoms with Crippen LogP contribution in [0.5, 0.6) is 0 Å². The lowest BCUT2D eigenvalue weighted by molar-refractivity contribution is 0.0697. The van der Waals surface area contributed by atoms with Crippen LogP contribution in [0.25, 0.3) is 11.2 Å². The number of aryl methyl sites for hydroxylation is 1. The lowest BCUT2D eigenvalue weighted by atomic mass is 10.2. The number of rotatable bonds is 4. The molecule has 3 rings (SSSR count). The fraction of sp³-hybridized carbons (Fsp3) is 0.133. The first kappa shape index (κ1) is 15.4. The molecule has 0 amide bonds. The van der Waals surface area contributed by atoms with Gasteiger partial charge in [0.1, 0.15) is 0 Å². The number of hydrogen-bond acceptors (Lipinski definition) is 7. The molecule has 0 bridgehead atoms. The van der Waals surface area contributed by atoms with Gasteiger partial charge in [-0.15, -0.1) is 0 Å². The maximum atomic E-state index is 11.9. The van der Waals surface area contributed by atoms with Crippen LogP contribution in [0.1, 0.15) is 21.7 Å². The van der Waals surface area contributed by atoms with Crippen LogP contribution in [-0.2, 0) is 6.54 Å². The molecule has 24 heavy (non-hydrogen) atoms. The molecule has 0 aliphatic rings. The van der Waals surface area contributed by atoms with E-state index in [2.05, 4.69) is 25.3 Å². The number of H-pyrrole nitrogens is 1. The minimum absolute atomic E-state index is 0.00871. The van der Waals surface area contributed by atoms with Crippen molar-refractivity contribution in [3.63, 3.8) is 0 Å². The summed E-state index contributed by atoms with van der Waals surface area (Å²) in [5.41, 5.74) is 7.50. The van der Waals surface area contributed by atoms with E-state index in [4.69, 9.17) is 10.8 Å². The molecule has 1 aromatic carbocycles. The molecule has 122 valence electrons. The van der Waals surface area contributed by atoms with E-state index in [1.807, 2.05) is 0 Å². The molecular formula is C15H14N6O3. The third-order valence-corrected chi connectivity index (χ3v) is 3.42. The predicted octanol–water partition coefficient (Wildman–Crippen LogP) is 0.914. The Labute approximate surface area is 135 Å². The SMILES string of the molecule is Cc1nc2nc(N)[nH]c(=O)c2nc1CNc1ccc(C(=O)O)cc1. The van der Waals surface area contributed by atoms with Gasteiger partial charge in [0.15, 0.2) is 11.2 Å². The van der Waals surface area contributed by atoms with E-state index < -0.39 is 11.5 Å². The third kappa shape index (κ3) is 3.00. The number of aromatic amines is 1. The number of carboxylic acids is 1. The van der Waals surface area contributed by atoms with Gasteiger partial charge in [0.05, 0.1) is 23.5 Å². The molecule has 0 fully saturated rings. The number of benzene rings is 1. The Kier molecular flexibility index (Phi) is 3.82. The molecule has 0 saturated heterocycles. The molecule has 0 aliphatic heterocycles. The largest absolute Gasteiger partial charge is 0.478 e. The monoisotopic (exact) mass is 326 g/mol. The van der Waals surface area contributed by atoms with Crippen LogP contribution >= 0.6 is 0 Å². The number of nitrogens with one attached hydrogen (secondary N) is 2. The summed E-state index contributed by atoms with van der Waals surface area (Å²) in [5, 5.41) is 12.0. The molecule has 0 atom stereocenters. The summed E-state index contributed by atoms with van der Waals surface area (Å²) in [4.78, 5) is 37.6. The fourth-order valence-electron chi connectivity index (χ4n) is 2.17. The summed E-state index contributed by atoms with van der Waals surface area (Å²) in [6, 6.07) is 6.31. The van der Waals surface area contributed by atoms with Gasteiger partial charge < -0.3 is 16.2 Å². The third-order valence-electron chi connectivity index (χ3n) is 3.42. The molecule has 9 heteroatoms. The first-order valence-corrected chi connectivity index (χ1v) is 7.04. The van der Waals surface area contributed by atoms with Crippen LogP contribution in [0.3, 0.4) is 0 Å². The molecule has 9 nitrogen and oxygen atoms in total. The van der Waals surface area contributed by atoms with Gasteiger partial charge in [-0.3, -0.25) is 9.78 Å². The highest BCUT2D eigenvalue weighted by molar-refractivity contribution is 5.88. The zero-order valence-corrected chi connectivity index (χ0v) is 12.7. The van der Waals surface area contributed by atoms with E-state index in [0.717, 1.165) is 5.69 Å². The smallest absolute Gasteiger partial charge is 0.335 e. The molecule has 3 aromatic rings. The number of aromatic carboxylic acids is 1. The van der Waals surface area contributed by atoms with Crippen molar-refractivity contribution in [2.24, 2.45) is 0 Å². The molecule has 2 aromatic heterocycles. The van der Waals surface area contributed by atoms with Gasteiger partial charge in [0, 0.05) is 5.69 Å². The van der Waals surface area contributed by atoms with Gasteiger partial charge in [-0.1, -0.05) is 0 Å². The highest BCUT2D eigenvalue weighted by Crippen LogP contribution is 2.13. The Bertz CT molecular complexity index is 981. The second-order valence-electron chi connectivity index (χ2n) is 5.12. The molecule has 0 radical (unpaired) electrons. The first-order chi connectivity index (χ1) is 11.4. The quantitative estimate of drug-likeness (QED) is 0.553. The normalized spacial score (nSPS) is 10.7. The maximum Gasteiger partial charge on any atom is 0.335 e. The number of fused-ring (bicyclic) bond motifs is 1. The van der Waals surface area contributed by atoms with Crippen molar-refractivity contribution in [2.75, 3.05) is 11.1 Å². The van der Waals surface area contributed by atoms with Crippen LogP contribution in [0, 0.1) is 6.92 Å². The molecular weight excluding hydrogens is 312 g/mol. The van der Waals surface area contributed by atoms with E-state index in [9.17, 15) is 9.59 Å². The summed E-state index contributed by atoms with van der Waals surface area (Å²) in [7, 11) is 0. The number of nitrogens with zero attached hydrogens (tertiary/aromatic N) is 3. The maximum absolute atomic E-state index is 11.9. The van der Waals surface area contributed by atoms with Crippen molar-refractivity contribution in [3.05, 3.63) is 51.6 Å². The van der Waals surface area contributed by atoms with Crippen molar-refractivity contribution in [1.82, 2.24) is 19.9 Å². The van der Waals surface area contributed by atoms with Crippen molar-refractivity contribution in [1.29, 1.82) is 0 Å². The zero-order chi connectivity index (χ0) is 17.3. The van der Waals surface area contributed by atoms with Crippen LogP contribution < -0.4 is 16.6 Å².